The molecule has 1 aliphatic rings. The highest BCUT2D eigenvalue weighted by molar-refractivity contribution is 14.0. The summed E-state index contributed by atoms with van der Waals surface area (Å²) in [7, 11) is 1.74. The van der Waals surface area contributed by atoms with Crippen LogP contribution in [-0.4, -0.2) is 40.5 Å². The lowest BCUT2D eigenvalue weighted by Gasteiger charge is -2.39. The van der Waals surface area contributed by atoms with Crippen LogP contribution in [0.15, 0.2) is 41.9 Å². The van der Waals surface area contributed by atoms with Crippen LogP contribution in [-0.2, 0) is 6.54 Å². The molecule has 0 amide bonds. The van der Waals surface area contributed by atoms with E-state index in [4.69, 9.17) is 5.26 Å². The van der Waals surface area contributed by atoms with Crippen LogP contribution in [0.4, 0.5) is 4.39 Å². The van der Waals surface area contributed by atoms with E-state index in [0.29, 0.717) is 29.6 Å². The molecule has 6 nitrogen and oxygen atoms in total. The fraction of sp³-hybridized carbons (Fsp3) is 0.421. The summed E-state index contributed by atoms with van der Waals surface area (Å²) >= 11 is 0. The topological polar surface area (TPSA) is 69.2 Å². The van der Waals surface area contributed by atoms with Crippen molar-refractivity contribution in [1.29, 1.82) is 5.26 Å². The Morgan fingerprint density at radius 2 is 2.30 bits per heavy atom. The van der Waals surface area contributed by atoms with Crippen molar-refractivity contribution in [2.24, 2.45) is 10.9 Å². The Bertz CT molecular complexity index is 814. The summed E-state index contributed by atoms with van der Waals surface area (Å²) in [5.74, 6) is 0.927. The third kappa shape index (κ3) is 4.97. The third-order valence-electron chi connectivity index (χ3n) is 4.96. The molecule has 1 saturated heterocycles. The molecule has 8 heteroatoms. The minimum absolute atomic E-state index is 0. The number of nitriles is 1. The number of halogens is 2. The fourth-order valence-electron chi connectivity index (χ4n) is 3.36. The highest BCUT2D eigenvalue weighted by Gasteiger charge is 2.28. The number of benzene rings is 1. The Hall–Kier alpha value is -2.15. The molecular weight excluding hydrogens is 458 g/mol. The number of hydrogen-bond donors (Lipinski definition) is 1. The molecule has 2 atom stereocenters. The molecule has 0 bridgehead atoms. The molecule has 0 saturated carbocycles. The van der Waals surface area contributed by atoms with Crippen LogP contribution < -0.4 is 5.32 Å². The molecule has 2 aromatic rings. The van der Waals surface area contributed by atoms with Gasteiger partial charge in [0, 0.05) is 44.6 Å². The largest absolute Gasteiger partial charge is 0.352 e. The summed E-state index contributed by atoms with van der Waals surface area (Å²) < 4.78 is 16.2. The van der Waals surface area contributed by atoms with Crippen LogP contribution in [0.1, 0.15) is 30.5 Å². The lowest BCUT2D eigenvalue weighted by Crippen LogP contribution is -2.48. The molecule has 1 aromatic carbocycles. The van der Waals surface area contributed by atoms with Crippen LogP contribution in [0.3, 0.4) is 0 Å². The number of guanidine groups is 1. The predicted octanol–water partition coefficient (Wildman–Crippen LogP) is 3.17. The average Bonchev–Trinajstić information content (AvgIpc) is 3.18. The molecule has 0 radical (unpaired) electrons. The average molecular weight is 482 g/mol. The summed E-state index contributed by atoms with van der Waals surface area (Å²) in [4.78, 5) is 10.7. The minimum atomic E-state index is -0.379. The number of aromatic nitrogens is 2. The van der Waals surface area contributed by atoms with E-state index in [1.54, 1.807) is 25.4 Å². The number of likely N-dealkylation sites (tertiary alicyclic amines) is 1. The SMILES string of the molecule is CN=C(NCc1ccc(C#N)cc1F)N1CCC(C)C(n2ccnc2)C1.I. The van der Waals surface area contributed by atoms with Crippen molar-refractivity contribution in [3.8, 4) is 6.07 Å². The molecule has 1 N–H and O–H groups in total. The molecule has 1 fully saturated rings. The molecule has 0 aliphatic carbocycles. The quantitative estimate of drug-likeness (QED) is 0.415. The number of hydrogen-bond acceptors (Lipinski definition) is 3. The second-order valence-corrected chi connectivity index (χ2v) is 6.61. The highest BCUT2D eigenvalue weighted by Crippen LogP contribution is 2.27. The first kappa shape index (κ1) is 21.2. The Kier molecular flexibility index (Phi) is 7.59. The van der Waals surface area contributed by atoms with Crippen molar-refractivity contribution in [3.05, 3.63) is 53.9 Å². The number of aliphatic imine (C=N–C) groups is 1. The van der Waals surface area contributed by atoms with Crippen molar-refractivity contribution in [1.82, 2.24) is 19.8 Å². The summed E-state index contributed by atoms with van der Waals surface area (Å²) in [6.45, 7) is 4.31. The van der Waals surface area contributed by atoms with Gasteiger partial charge in [-0.25, -0.2) is 9.37 Å². The molecule has 3 rings (SSSR count). The van der Waals surface area contributed by atoms with Crippen molar-refractivity contribution >= 4 is 29.9 Å². The van der Waals surface area contributed by atoms with Crippen LogP contribution in [0, 0.1) is 23.1 Å². The Balaban J connectivity index is 0.00000261. The molecule has 27 heavy (non-hydrogen) atoms. The normalized spacial score (nSPS) is 19.9. The van der Waals surface area contributed by atoms with Gasteiger partial charge in [0.2, 0.25) is 0 Å². The van der Waals surface area contributed by atoms with Crippen molar-refractivity contribution in [3.63, 3.8) is 0 Å². The first-order valence-corrected chi connectivity index (χ1v) is 8.74. The lowest BCUT2D eigenvalue weighted by atomic mass is 9.93. The Morgan fingerprint density at radius 3 is 2.93 bits per heavy atom. The van der Waals surface area contributed by atoms with Gasteiger partial charge in [-0.1, -0.05) is 13.0 Å². The van der Waals surface area contributed by atoms with E-state index in [1.807, 2.05) is 18.6 Å². The number of nitrogens with zero attached hydrogens (tertiary/aromatic N) is 5. The fourth-order valence-corrected chi connectivity index (χ4v) is 3.36. The van der Waals surface area contributed by atoms with E-state index >= 15 is 0 Å². The zero-order valence-electron chi connectivity index (χ0n) is 15.5. The zero-order chi connectivity index (χ0) is 18.5. The molecule has 2 heterocycles. The molecule has 1 aromatic heterocycles. The van der Waals surface area contributed by atoms with Crippen LogP contribution in [0.5, 0.6) is 0 Å². The van der Waals surface area contributed by atoms with Gasteiger partial charge in [0.05, 0.1) is 24.0 Å². The zero-order valence-corrected chi connectivity index (χ0v) is 17.8. The maximum Gasteiger partial charge on any atom is 0.193 e. The third-order valence-corrected chi connectivity index (χ3v) is 4.96. The lowest BCUT2D eigenvalue weighted by molar-refractivity contribution is 0.189. The summed E-state index contributed by atoms with van der Waals surface area (Å²) in [6, 6.07) is 6.80. The molecule has 2 unspecified atom stereocenters. The molecule has 0 spiro atoms. The second kappa shape index (κ2) is 9.69. The number of nitrogens with one attached hydrogen (secondary N) is 1. The van der Waals surface area contributed by atoms with Gasteiger partial charge in [0.25, 0.3) is 0 Å². The standard InChI is InChI=1S/C19H23FN6.HI/c1-14-5-7-25(12-18(14)26-8-6-23-13-26)19(22-2)24-11-16-4-3-15(10-21)9-17(16)20;/h3-4,6,8-9,13-14,18H,5,7,11-12H2,1-2H3,(H,22,24);1H. The van der Waals surface area contributed by atoms with Crippen LogP contribution in [0.2, 0.25) is 0 Å². The van der Waals surface area contributed by atoms with E-state index in [-0.39, 0.29) is 29.8 Å². The van der Waals surface area contributed by atoms with Gasteiger partial charge in [-0.15, -0.1) is 24.0 Å². The minimum Gasteiger partial charge on any atom is -0.352 e. The van der Waals surface area contributed by atoms with Gasteiger partial charge < -0.3 is 14.8 Å². The van der Waals surface area contributed by atoms with Gasteiger partial charge in [0.1, 0.15) is 5.82 Å². The van der Waals surface area contributed by atoms with E-state index < -0.39 is 0 Å². The van der Waals surface area contributed by atoms with Crippen molar-refractivity contribution < 1.29 is 4.39 Å². The van der Waals surface area contributed by atoms with Crippen LogP contribution in [0.25, 0.3) is 0 Å². The monoisotopic (exact) mass is 482 g/mol. The summed E-state index contributed by atoms with van der Waals surface area (Å²) in [5, 5.41) is 12.1. The second-order valence-electron chi connectivity index (χ2n) is 6.61. The van der Waals surface area contributed by atoms with Gasteiger partial charge in [0.15, 0.2) is 5.96 Å². The van der Waals surface area contributed by atoms with Crippen molar-refractivity contribution in [2.75, 3.05) is 20.1 Å². The van der Waals surface area contributed by atoms with E-state index in [0.717, 1.165) is 25.5 Å². The van der Waals surface area contributed by atoms with Gasteiger partial charge in [-0.3, -0.25) is 4.99 Å². The number of piperidine rings is 1. The number of rotatable bonds is 3. The number of imidazole rings is 1. The maximum atomic E-state index is 14.1. The first-order chi connectivity index (χ1) is 12.6. The Labute approximate surface area is 176 Å². The molecular formula is C19H24FIN6. The molecule has 144 valence electrons. The highest BCUT2D eigenvalue weighted by atomic mass is 127. The summed E-state index contributed by atoms with van der Waals surface area (Å²) in [5.41, 5.74) is 0.838. The van der Waals surface area contributed by atoms with Gasteiger partial charge in [-0.2, -0.15) is 5.26 Å². The summed E-state index contributed by atoms with van der Waals surface area (Å²) in [6.07, 6.45) is 6.70. The van der Waals surface area contributed by atoms with Crippen molar-refractivity contribution in [2.45, 2.75) is 25.9 Å². The maximum absolute atomic E-state index is 14.1. The molecule has 1 aliphatic heterocycles. The van der Waals surface area contributed by atoms with E-state index in [2.05, 4.69) is 31.7 Å². The Morgan fingerprint density at radius 1 is 1.48 bits per heavy atom. The van der Waals surface area contributed by atoms with Crippen LogP contribution >= 0.6 is 24.0 Å². The van der Waals surface area contributed by atoms with E-state index in [9.17, 15) is 4.39 Å². The first-order valence-electron chi connectivity index (χ1n) is 8.74. The van der Waals surface area contributed by atoms with Gasteiger partial charge >= 0.3 is 0 Å². The smallest absolute Gasteiger partial charge is 0.193 e. The van der Waals surface area contributed by atoms with Gasteiger partial charge in [-0.05, 0) is 24.5 Å². The van der Waals surface area contributed by atoms with E-state index in [1.165, 1.54) is 6.07 Å². The predicted molar refractivity (Wildman–Crippen MR) is 113 cm³/mol.